The van der Waals surface area contributed by atoms with Crippen molar-refractivity contribution < 1.29 is 4.74 Å². The molecule has 1 N–H and O–H groups in total. The average molecular weight is 276 g/mol. The van der Waals surface area contributed by atoms with Gasteiger partial charge >= 0.3 is 0 Å². The number of aryl methyl sites for hydroxylation is 1. The van der Waals surface area contributed by atoms with Gasteiger partial charge in [-0.2, -0.15) is 0 Å². The first-order valence-electron chi connectivity index (χ1n) is 7.71. The van der Waals surface area contributed by atoms with Gasteiger partial charge in [-0.15, -0.1) is 0 Å². The van der Waals surface area contributed by atoms with Crippen LogP contribution in [0.15, 0.2) is 18.3 Å². The van der Waals surface area contributed by atoms with Gasteiger partial charge in [-0.1, -0.05) is 19.4 Å². The van der Waals surface area contributed by atoms with Crippen LogP contribution >= 0.6 is 0 Å². The maximum atomic E-state index is 6.11. The fraction of sp³-hybridized carbons (Fsp3) is 0.706. The Morgan fingerprint density at radius 1 is 1.20 bits per heavy atom. The molecule has 0 radical (unpaired) electrons. The summed E-state index contributed by atoms with van der Waals surface area (Å²) >= 11 is 0. The van der Waals surface area contributed by atoms with Crippen molar-refractivity contribution in [3.05, 3.63) is 23.9 Å². The zero-order chi connectivity index (χ0) is 14.8. The maximum Gasteiger partial charge on any atom is 0.213 e. The number of hydrogen-bond donors (Lipinski definition) is 1. The molecule has 20 heavy (non-hydrogen) atoms. The summed E-state index contributed by atoms with van der Waals surface area (Å²) in [6.07, 6.45) is 6.42. The molecule has 0 bridgehead atoms. The Morgan fingerprint density at radius 3 is 2.35 bits per heavy atom. The molecule has 0 aromatic carbocycles. The van der Waals surface area contributed by atoms with Crippen LogP contribution in [0.4, 0.5) is 0 Å². The van der Waals surface area contributed by atoms with E-state index < -0.39 is 0 Å². The Hall–Kier alpha value is -1.09. The summed E-state index contributed by atoms with van der Waals surface area (Å²) in [5, 5.41) is 3.67. The van der Waals surface area contributed by atoms with E-state index in [1.54, 1.807) is 0 Å². The van der Waals surface area contributed by atoms with Crippen molar-refractivity contribution in [3.8, 4) is 5.88 Å². The van der Waals surface area contributed by atoms with Gasteiger partial charge in [-0.05, 0) is 39.7 Å². The predicted octanol–water partition coefficient (Wildman–Crippen LogP) is 3.72. The van der Waals surface area contributed by atoms with E-state index >= 15 is 0 Å². The summed E-state index contributed by atoms with van der Waals surface area (Å²) in [5.74, 6) is 0.753. The average Bonchev–Trinajstić information content (AvgIpc) is 2.28. The first-order chi connectivity index (χ1) is 9.30. The third-order valence-electron chi connectivity index (χ3n) is 3.78. The second-order valence-corrected chi connectivity index (χ2v) is 7.30. The van der Waals surface area contributed by atoms with Crippen LogP contribution in [0.25, 0.3) is 0 Å². The van der Waals surface area contributed by atoms with E-state index in [-0.39, 0.29) is 17.2 Å². The Labute approximate surface area is 123 Å². The van der Waals surface area contributed by atoms with Gasteiger partial charge in [0.05, 0.1) is 0 Å². The normalized spacial score (nSPS) is 21.6. The van der Waals surface area contributed by atoms with Crippen LogP contribution in [0.2, 0.25) is 0 Å². The van der Waals surface area contributed by atoms with Gasteiger partial charge in [0.2, 0.25) is 5.88 Å². The molecule has 3 nitrogen and oxygen atoms in total. The van der Waals surface area contributed by atoms with Crippen molar-refractivity contribution in [3.63, 3.8) is 0 Å². The van der Waals surface area contributed by atoms with Crippen molar-refractivity contribution in [1.29, 1.82) is 0 Å². The molecular weight excluding hydrogens is 248 g/mol. The predicted molar refractivity (Wildman–Crippen MR) is 83.2 cm³/mol. The topological polar surface area (TPSA) is 34.1 Å². The molecule has 0 spiro atoms. The standard InChI is InChI=1S/C17H28N2O/c1-6-7-13-8-9-15(18-12-13)20-14-10-16(2,3)19-17(4,5)11-14/h8-9,12,14,19H,6-7,10-11H2,1-5H3. The second kappa shape index (κ2) is 5.72. The van der Waals surface area contributed by atoms with Gasteiger partial charge in [0.1, 0.15) is 6.10 Å². The lowest BCUT2D eigenvalue weighted by Crippen LogP contribution is -2.60. The van der Waals surface area contributed by atoms with Crippen molar-refractivity contribution >= 4 is 0 Å². The van der Waals surface area contributed by atoms with Crippen LogP contribution in [0.1, 0.15) is 59.4 Å². The van der Waals surface area contributed by atoms with E-state index in [0.29, 0.717) is 0 Å². The molecule has 1 aromatic rings. The van der Waals surface area contributed by atoms with Gasteiger partial charge in [0.15, 0.2) is 0 Å². The molecule has 3 heteroatoms. The van der Waals surface area contributed by atoms with Crippen LogP contribution < -0.4 is 10.1 Å². The molecule has 0 atom stereocenters. The number of aromatic nitrogens is 1. The zero-order valence-corrected chi connectivity index (χ0v) is 13.5. The van der Waals surface area contributed by atoms with Crippen LogP contribution in [0.3, 0.4) is 0 Å². The summed E-state index contributed by atoms with van der Waals surface area (Å²) < 4.78 is 6.11. The summed E-state index contributed by atoms with van der Waals surface area (Å²) in [6.45, 7) is 11.1. The molecule has 2 heterocycles. The molecule has 1 aliphatic rings. The first kappa shape index (κ1) is 15.3. The molecule has 1 fully saturated rings. The number of hydrogen-bond acceptors (Lipinski definition) is 3. The zero-order valence-electron chi connectivity index (χ0n) is 13.5. The lowest BCUT2D eigenvalue weighted by molar-refractivity contribution is 0.0530. The summed E-state index contributed by atoms with van der Waals surface area (Å²) in [5.41, 5.74) is 1.49. The number of rotatable bonds is 4. The van der Waals surface area contributed by atoms with Crippen LogP contribution in [-0.4, -0.2) is 22.2 Å². The highest BCUT2D eigenvalue weighted by atomic mass is 16.5. The number of ether oxygens (including phenoxy) is 1. The van der Waals surface area contributed by atoms with Gasteiger partial charge in [0, 0.05) is 36.2 Å². The third-order valence-corrected chi connectivity index (χ3v) is 3.78. The highest BCUT2D eigenvalue weighted by Gasteiger charge is 2.38. The van der Waals surface area contributed by atoms with Crippen molar-refractivity contribution in [1.82, 2.24) is 10.3 Å². The Morgan fingerprint density at radius 2 is 1.85 bits per heavy atom. The highest BCUT2D eigenvalue weighted by molar-refractivity contribution is 5.18. The number of nitrogens with zero attached hydrogens (tertiary/aromatic N) is 1. The summed E-state index contributed by atoms with van der Waals surface area (Å²) in [7, 11) is 0. The maximum absolute atomic E-state index is 6.11. The largest absolute Gasteiger partial charge is 0.474 e. The minimum absolute atomic E-state index is 0.106. The van der Waals surface area contributed by atoms with E-state index in [9.17, 15) is 0 Å². The molecule has 0 amide bonds. The minimum Gasteiger partial charge on any atom is -0.474 e. The Bertz CT molecular complexity index is 421. The van der Waals surface area contributed by atoms with Gasteiger partial charge < -0.3 is 10.1 Å². The smallest absolute Gasteiger partial charge is 0.213 e. The van der Waals surface area contributed by atoms with Crippen LogP contribution in [0, 0.1) is 0 Å². The lowest BCUT2D eigenvalue weighted by atomic mass is 9.81. The fourth-order valence-electron chi connectivity index (χ4n) is 3.40. The quantitative estimate of drug-likeness (QED) is 0.910. The summed E-state index contributed by atoms with van der Waals surface area (Å²) in [4.78, 5) is 4.44. The number of pyridine rings is 1. The van der Waals surface area contributed by atoms with E-state index in [1.807, 2.05) is 12.3 Å². The molecule has 0 aliphatic carbocycles. The highest BCUT2D eigenvalue weighted by Crippen LogP contribution is 2.30. The number of piperidine rings is 1. The molecule has 0 unspecified atom stereocenters. The molecule has 1 aromatic heterocycles. The third kappa shape index (κ3) is 4.20. The van der Waals surface area contributed by atoms with Crippen molar-refractivity contribution in [2.75, 3.05) is 0 Å². The Balaban J connectivity index is 2.01. The monoisotopic (exact) mass is 276 g/mol. The van der Waals surface area contributed by atoms with Crippen LogP contribution in [-0.2, 0) is 6.42 Å². The molecule has 112 valence electrons. The van der Waals surface area contributed by atoms with Crippen LogP contribution in [0.5, 0.6) is 5.88 Å². The van der Waals surface area contributed by atoms with Gasteiger partial charge in [-0.3, -0.25) is 0 Å². The molecule has 2 rings (SSSR count). The van der Waals surface area contributed by atoms with Gasteiger partial charge in [0.25, 0.3) is 0 Å². The van der Waals surface area contributed by atoms with E-state index in [2.05, 4.69) is 51.0 Å². The fourth-order valence-corrected chi connectivity index (χ4v) is 3.40. The van der Waals surface area contributed by atoms with Crippen molar-refractivity contribution in [2.24, 2.45) is 0 Å². The molecule has 1 saturated heterocycles. The molecule has 1 aliphatic heterocycles. The Kier molecular flexibility index (Phi) is 4.38. The van der Waals surface area contributed by atoms with E-state index in [0.717, 1.165) is 31.6 Å². The molecule has 0 saturated carbocycles. The lowest BCUT2D eigenvalue weighted by Gasteiger charge is -2.46. The van der Waals surface area contributed by atoms with Crippen molar-refractivity contribution in [2.45, 2.75) is 77.5 Å². The van der Waals surface area contributed by atoms with E-state index in [1.165, 1.54) is 5.56 Å². The van der Waals surface area contributed by atoms with E-state index in [4.69, 9.17) is 4.74 Å². The minimum atomic E-state index is 0.106. The second-order valence-electron chi connectivity index (χ2n) is 7.30. The number of nitrogens with one attached hydrogen (secondary N) is 1. The molecular formula is C17H28N2O. The van der Waals surface area contributed by atoms with Gasteiger partial charge in [-0.25, -0.2) is 4.98 Å². The summed E-state index contributed by atoms with van der Waals surface area (Å²) in [6, 6.07) is 4.14. The SMILES string of the molecule is CCCc1ccc(OC2CC(C)(C)NC(C)(C)C2)nc1. The first-order valence-corrected chi connectivity index (χ1v) is 7.71.